The van der Waals surface area contributed by atoms with Gasteiger partial charge in [0.1, 0.15) is 0 Å². The van der Waals surface area contributed by atoms with E-state index in [1.54, 1.807) is 23.1 Å². The summed E-state index contributed by atoms with van der Waals surface area (Å²) in [6.07, 6.45) is 2.36. The lowest BCUT2D eigenvalue weighted by molar-refractivity contribution is -0.113. The van der Waals surface area contributed by atoms with Crippen LogP contribution < -0.4 is 5.32 Å². The van der Waals surface area contributed by atoms with Crippen molar-refractivity contribution in [2.45, 2.75) is 28.4 Å². The van der Waals surface area contributed by atoms with E-state index in [1.165, 1.54) is 24.6 Å². The van der Waals surface area contributed by atoms with E-state index >= 15 is 0 Å². The van der Waals surface area contributed by atoms with Crippen molar-refractivity contribution < 1.29 is 4.79 Å². The lowest BCUT2D eigenvalue weighted by Crippen LogP contribution is -2.14. The standard InChI is InChI=1S/C20H21N3OS3/c1-2-3-13-25-19-22-23-20(27-19)26-14-18(24)21-17-12-8-7-11-16(17)15-9-5-4-6-10-15/h4-12H,2-3,13-14H2,1H3,(H,21,24). The third-order valence-corrected chi connectivity index (χ3v) is 7.00. The molecule has 0 aliphatic carbocycles. The quantitative estimate of drug-likeness (QED) is 0.352. The van der Waals surface area contributed by atoms with Gasteiger partial charge in [-0.2, -0.15) is 0 Å². The zero-order valence-electron chi connectivity index (χ0n) is 15.1. The van der Waals surface area contributed by atoms with Gasteiger partial charge in [0.15, 0.2) is 8.68 Å². The van der Waals surface area contributed by atoms with Crippen molar-refractivity contribution >= 4 is 46.5 Å². The van der Waals surface area contributed by atoms with Gasteiger partial charge >= 0.3 is 0 Å². The zero-order valence-corrected chi connectivity index (χ0v) is 17.5. The predicted octanol–water partition coefficient (Wildman–Crippen LogP) is 5.83. The number of aromatic nitrogens is 2. The highest BCUT2D eigenvalue weighted by atomic mass is 32.2. The molecule has 3 rings (SSSR count). The molecule has 1 amide bonds. The maximum atomic E-state index is 12.4. The second-order valence-electron chi connectivity index (χ2n) is 5.78. The minimum absolute atomic E-state index is 0.0428. The minimum atomic E-state index is -0.0428. The number of anilines is 1. The molecule has 3 aromatic rings. The Balaban J connectivity index is 1.56. The molecule has 7 heteroatoms. The second kappa shape index (κ2) is 10.5. The molecule has 0 radical (unpaired) electrons. The first-order chi connectivity index (χ1) is 13.3. The first-order valence-corrected chi connectivity index (χ1v) is 11.6. The molecule has 0 unspecified atom stereocenters. The second-order valence-corrected chi connectivity index (χ2v) is 9.33. The van der Waals surface area contributed by atoms with E-state index in [1.807, 2.05) is 54.6 Å². The Morgan fingerprint density at radius 1 is 1.00 bits per heavy atom. The fourth-order valence-electron chi connectivity index (χ4n) is 2.39. The number of carbonyl (C=O) groups is 1. The van der Waals surface area contributed by atoms with Crippen molar-refractivity contribution in [3.05, 3.63) is 54.6 Å². The van der Waals surface area contributed by atoms with Gasteiger partial charge in [0, 0.05) is 17.0 Å². The number of nitrogens with zero attached hydrogens (tertiary/aromatic N) is 2. The average Bonchev–Trinajstić information content (AvgIpc) is 3.16. The summed E-state index contributed by atoms with van der Waals surface area (Å²) in [5, 5.41) is 11.4. The lowest BCUT2D eigenvalue weighted by atomic mass is 10.0. The highest BCUT2D eigenvalue weighted by molar-refractivity contribution is 8.03. The van der Waals surface area contributed by atoms with Crippen LogP contribution in [0.4, 0.5) is 5.69 Å². The summed E-state index contributed by atoms with van der Waals surface area (Å²) in [5.74, 6) is 1.34. The van der Waals surface area contributed by atoms with Crippen LogP contribution in [0.25, 0.3) is 11.1 Å². The normalized spacial score (nSPS) is 10.7. The fourth-order valence-corrected chi connectivity index (χ4v) is 5.37. The highest BCUT2D eigenvalue weighted by Crippen LogP contribution is 2.30. The number of nitrogens with one attached hydrogen (secondary N) is 1. The van der Waals surface area contributed by atoms with Gasteiger partial charge in [0.2, 0.25) is 5.91 Å². The molecule has 0 saturated carbocycles. The van der Waals surface area contributed by atoms with Gasteiger partial charge < -0.3 is 5.32 Å². The molecule has 0 bridgehead atoms. The van der Waals surface area contributed by atoms with Gasteiger partial charge in [-0.3, -0.25) is 4.79 Å². The van der Waals surface area contributed by atoms with E-state index in [0.717, 1.165) is 31.2 Å². The molecule has 0 aliphatic heterocycles. The number of carbonyl (C=O) groups excluding carboxylic acids is 1. The number of benzene rings is 2. The van der Waals surface area contributed by atoms with Crippen LogP contribution in [0.15, 0.2) is 63.3 Å². The van der Waals surface area contributed by atoms with Crippen LogP contribution in [-0.2, 0) is 4.79 Å². The molecule has 0 saturated heterocycles. The third kappa shape index (κ3) is 6.09. The summed E-state index contributed by atoms with van der Waals surface area (Å²) in [7, 11) is 0. The molecule has 4 nitrogen and oxygen atoms in total. The summed E-state index contributed by atoms with van der Waals surface area (Å²) in [6, 6.07) is 17.9. The van der Waals surface area contributed by atoms with Crippen molar-refractivity contribution in [1.82, 2.24) is 10.2 Å². The van der Waals surface area contributed by atoms with E-state index in [0.29, 0.717) is 5.75 Å². The SMILES string of the molecule is CCCCSc1nnc(SCC(=O)Nc2ccccc2-c2ccccc2)s1. The number of unbranched alkanes of at least 4 members (excludes halogenated alkanes) is 1. The Kier molecular flexibility index (Phi) is 7.74. The monoisotopic (exact) mass is 415 g/mol. The molecular formula is C20H21N3OS3. The van der Waals surface area contributed by atoms with E-state index in [9.17, 15) is 4.79 Å². The minimum Gasteiger partial charge on any atom is -0.325 e. The number of hydrogen-bond donors (Lipinski definition) is 1. The molecule has 0 spiro atoms. The molecule has 0 atom stereocenters. The fraction of sp³-hybridized carbons (Fsp3) is 0.250. The van der Waals surface area contributed by atoms with E-state index < -0.39 is 0 Å². The van der Waals surface area contributed by atoms with Gasteiger partial charge in [0.05, 0.1) is 5.75 Å². The van der Waals surface area contributed by atoms with Crippen LogP contribution in [0, 0.1) is 0 Å². The summed E-state index contributed by atoms with van der Waals surface area (Å²) in [5.41, 5.74) is 2.92. The lowest BCUT2D eigenvalue weighted by Gasteiger charge is -2.10. The van der Waals surface area contributed by atoms with Crippen molar-refractivity contribution in [3.8, 4) is 11.1 Å². The average molecular weight is 416 g/mol. The van der Waals surface area contributed by atoms with Gasteiger partial charge in [0.25, 0.3) is 0 Å². The van der Waals surface area contributed by atoms with Gasteiger partial charge in [-0.1, -0.05) is 96.7 Å². The van der Waals surface area contributed by atoms with E-state index in [-0.39, 0.29) is 5.91 Å². The smallest absolute Gasteiger partial charge is 0.234 e. The largest absolute Gasteiger partial charge is 0.325 e. The Morgan fingerprint density at radius 3 is 2.48 bits per heavy atom. The van der Waals surface area contributed by atoms with Crippen LogP contribution in [-0.4, -0.2) is 27.6 Å². The van der Waals surface area contributed by atoms with Crippen molar-refractivity contribution in [2.24, 2.45) is 0 Å². The summed E-state index contributed by atoms with van der Waals surface area (Å²) < 4.78 is 1.81. The summed E-state index contributed by atoms with van der Waals surface area (Å²) >= 11 is 4.72. The molecule has 2 aromatic carbocycles. The molecule has 1 heterocycles. The molecule has 1 N–H and O–H groups in total. The third-order valence-electron chi connectivity index (χ3n) is 3.72. The maximum Gasteiger partial charge on any atom is 0.234 e. The molecule has 0 fully saturated rings. The zero-order chi connectivity index (χ0) is 18.9. The van der Waals surface area contributed by atoms with Gasteiger partial charge in [-0.15, -0.1) is 10.2 Å². The van der Waals surface area contributed by atoms with E-state index in [2.05, 4.69) is 22.4 Å². The van der Waals surface area contributed by atoms with Crippen LogP contribution in [0.5, 0.6) is 0 Å². The number of thioether (sulfide) groups is 2. The van der Waals surface area contributed by atoms with Crippen molar-refractivity contribution in [1.29, 1.82) is 0 Å². The highest BCUT2D eigenvalue weighted by Gasteiger charge is 2.11. The molecule has 1 aromatic heterocycles. The summed E-state index contributed by atoms with van der Waals surface area (Å²) in [4.78, 5) is 12.4. The van der Waals surface area contributed by atoms with Crippen LogP contribution in [0.1, 0.15) is 19.8 Å². The number of amides is 1. The van der Waals surface area contributed by atoms with Crippen molar-refractivity contribution in [2.75, 3.05) is 16.8 Å². The topological polar surface area (TPSA) is 54.9 Å². The summed E-state index contributed by atoms with van der Waals surface area (Å²) in [6.45, 7) is 2.18. The molecule has 140 valence electrons. The number of para-hydroxylation sites is 1. The Hall–Kier alpha value is -1.83. The van der Waals surface area contributed by atoms with Crippen molar-refractivity contribution in [3.63, 3.8) is 0 Å². The van der Waals surface area contributed by atoms with Gasteiger partial charge in [-0.05, 0) is 18.1 Å². The van der Waals surface area contributed by atoms with Crippen LogP contribution >= 0.6 is 34.9 Å². The molecule has 27 heavy (non-hydrogen) atoms. The molecule has 0 aliphatic rings. The Labute approximate surface area is 172 Å². The first kappa shape index (κ1) is 19.9. The van der Waals surface area contributed by atoms with Crippen LogP contribution in [0.3, 0.4) is 0 Å². The predicted molar refractivity (Wildman–Crippen MR) is 117 cm³/mol. The maximum absolute atomic E-state index is 12.4. The first-order valence-electron chi connectivity index (χ1n) is 8.79. The number of hydrogen-bond acceptors (Lipinski definition) is 6. The Bertz CT molecular complexity index is 868. The van der Waals surface area contributed by atoms with E-state index in [4.69, 9.17) is 0 Å². The van der Waals surface area contributed by atoms with Crippen LogP contribution in [0.2, 0.25) is 0 Å². The Morgan fingerprint density at radius 2 is 1.70 bits per heavy atom. The van der Waals surface area contributed by atoms with Gasteiger partial charge in [-0.25, -0.2) is 0 Å². The number of rotatable bonds is 9. The molecular weight excluding hydrogens is 394 g/mol.